The van der Waals surface area contributed by atoms with Crippen molar-refractivity contribution in [2.45, 2.75) is 25.6 Å². The van der Waals surface area contributed by atoms with Crippen LogP contribution in [0.15, 0.2) is 36.4 Å². The number of rotatable bonds is 8. The van der Waals surface area contributed by atoms with Gasteiger partial charge in [0.25, 0.3) is 5.91 Å². The Morgan fingerprint density at radius 2 is 1.71 bits per heavy atom. The molecule has 2 aliphatic heterocycles. The number of hydrogen-bond donors (Lipinski definition) is 1. The summed E-state index contributed by atoms with van der Waals surface area (Å²) in [6.07, 6.45) is -2.99. The molecule has 2 aromatic rings. The monoisotopic (exact) mass is 572 g/mol. The van der Waals surface area contributed by atoms with E-state index in [0.717, 1.165) is 29.8 Å². The van der Waals surface area contributed by atoms with Gasteiger partial charge in [-0.05, 0) is 47.9 Å². The number of amides is 1. The number of halogens is 4. The zero-order valence-electron chi connectivity index (χ0n) is 21.2. The Morgan fingerprint density at radius 1 is 0.974 bits per heavy atom. The Bertz CT molecular complexity index is 1260. The number of benzene rings is 2. The fraction of sp³-hybridized carbons (Fsp3) is 0.500. The predicted octanol–water partition coefficient (Wildman–Crippen LogP) is 4.07. The summed E-state index contributed by atoms with van der Waals surface area (Å²) in [6.45, 7) is 3.77. The predicted molar refractivity (Wildman–Crippen MR) is 144 cm³/mol. The zero-order chi connectivity index (χ0) is 27.5. The van der Waals surface area contributed by atoms with Gasteiger partial charge in [-0.25, -0.2) is 8.42 Å². The van der Waals surface area contributed by atoms with Crippen LogP contribution in [0.5, 0.6) is 0 Å². The number of anilines is 2. The van der Waals surface area contributed by atoms with E-state index in [4.69, 9.17) is 11.6 Å². The average molecular weight is 573 g/mol. The van der Waals surface area contributed by atoms with Crippen LogP contribution in [-0.4, -0.2) is 88.1 Å². The Hall–Kier alpha value is -2.34. The minimum atomic E-state index is -4.17. The lowest BCUT2D eigenvalue weighted by molar-refractivity contribution is -0.138. The molecule has 1 N–H and O–H groups in total. The molecule has 0 aromatic heterocycles. The fourth-order valence-corrected chi connectivity index (χ4v) is 5.56. The number of nitrogens with zero attached hydrogens (tertiary/aromatic N) is 3. The molecular formula is C26H32ClF3N4O3S. The zero-order valence-corrected chi connectivity index (χ0v) is 22.8. The van der Waals surface area contributed by atoms with Crippen LogP contribution in [0.25, 0.3) is 0 Å². The summed E-state index contributed by atoms with van der Waals surface area (Å²) in [5, 5.41) is 3.48. The van der Waals surface area contributed by atoms with Gasteiger partial charge in [-0.2, -0.15) is 13.2 Å². The number of nitrogens with one attached hydrogen (secondary N) is 1. The largest absolute Gasteiger partial charge is 0.390 e. The van der Waals surface area contributed by atoms with Crippen LogP contribution in [0, 0.1) is 0 Å². The first-order valence-corrected chi connectivity index (χ1v) is 15.0. The summed E-state index contributed by atoms with van der Waals surface area (Å²) >= 11 is 6.25. The van der Waals surface area contributed by atoms with Gasteiger partial charge in [-0.3, -0.25) is 14.6 Å². The van der Waals surface area contributed by atoms with Crippen molar-refractivity contribution in [3.05, 3.63) is 58.1 Å². The van der Waals surface area contributed by atoms with Crippen LogP contribution < -0.4 is 10.2 Å². The number of hydrogen-bond acceptors (Lipinski definition) is 6. The van der Waals surface area contributed by atoms with Crippen LogP contribution in [0.1, 0.15) is 27.9 Å². The highest BCUT2D eigenvalue weighted by atomic mass is 35.5. The molecule has 2 aliphatic rings. The quantitative estimate of drug-likeness (QED) is 0.514. The molecule has 1 saturated heterocycles. The lowest BCUT2D eigenvalue weighted by Crippen LogP contribution is -2.47. The van der Waals surface area contributed by atoms with Gasteiger partial charge in [0, 0.05) is 69.2 Å². The molecule has 1 amide bonds. The van der Waals surface area contributed by atoms with Crippen molar-refractivity contribution in [1.29, 1.82) is 0 Å². The topological polar surface area (TPSA) is 73.0 Å². The van der Waals surface area contributed by atoms with Gasteiger partial charge in [-0.1, -0.05) is 17.7 Å². The number of piperazine rings is 1. The van der Waals surface area contributed by atoms with E-state index < -0.39 is 22.4 Å². The Labute approximate surface area is 226 Å². The molecule has 38 heavy (non-hydrogen) atoms. The molecule has 0 unspecified atom stereocenters. The number of sulfone groups is 1. The fourth-order valence-electron chi connectivity index (χ4n) is 4.81. The summed E-state index contributed by atoms with van der Waals surface area (Å²) < 4.78 is 60.8. The third-order valence-electron chi connectivity index (χ3n) is 6.97. The molecule has 0 spiro atoms. The SMILES string of the molecule is CS(=O)(=O)CCN1CCc2ccc(C(=O)Nc3ccc(Cl)cc3N3CCN(CCC(F)(F)F)CC3)cc2C1. The van der Waals surface area contributed by atoms with Gasteiger partial charge in [0.15, 0.2) is 0 Å². The molecule has 0 saturated carbocycles. The molecule has 12 heteroatoms. The first kappa shape index (κ1) is 28.7. The molecule has 208 valence electrons. The lowest BCUT2D eigenvalue weighted by atomic mass is 9.97. The number of fused-ring (bicyclic) bond motifs is 1. The highest BCUT2D eigenvalue weighted by Gasteiger charge is 2.29. The average Bonchev–Trinajstić information content (AvgIpc) is 2.86. The van der Waals surface area contributed by atoms with Crippen LogP contribution in [0.4, 0.5) is 24.5 Å². The van der Waals surface area contributed by atoms with Gasteiger partial charge in [0.05, 0.1) is 23.5 Å². The van der Waals surface area contributed by atoms with Crippen molar-refractivity contribution < 1.29 is 26.4 Å². The lowest BCUT2D eigenvalue weighted by Gasteiger charge is -2.37. The molecule has 0 bridgehead atoms. The van der Waals surface area contributed by atoms with E-state index in [9.17, 15) is 26.4 Å². The molecule has 1 fully saturated rings. The van der Waals surface area contributed by atoms with Crippen molar-refractivity contribution in [3.63, 3.8) is 0 Å². The third-order valence-corrected chi connectivity index (χ3v) is 8.13. The summed E-state index contributed by atoms with van der Waals surface area (Å²) in [4.78, 5) is 19.1. The van der Waals surface area contributed by atoms with Gasteiger partial charge in [-0.15, -0.1) is 0 Å². The van der Waals surface area contributed by atoms with E-state index in [0.29, 0.717) is 55.5 Å². The van der Waals surface area contributed by atoms with Gasteiger partial charge < -0.3 is 10.2 Å². The normalized spacial score (nSPS) is 17.3. The smallest absolute Gasteiger partial charge is 0.367 e. The summed E-state index contributed by atoms with van der Waals surface area (Å²) in [6, 6.07) is 10.8. The molecule has 4 rings (SSSR count). The van der Waals surface area contributed by atoms with Crippen LogP contribution in [0.2, 0.25) is 5.02 Å². The molecule has 0 aliphatic carbocycles. The van der Waals surface area contributed by atoms with Crippen molar-refractivity contribution in [3.8, 4) is 0 Å². The van der Waals surface area contributed by atoms with E-state index in [2.05, 4.69) is 10.2 Å². The van der Waals surface area contributed by atoms with Crippen LogP contribution in [-0.2, 0) is 22.8 Å². The number of carbonyl (C=O) groups is 1. The van der Waals surface area contributed by atoms with Gasteiger partial charge in [0.1, 0.15) is 9.84 Å². The summed E-state index contributed by atoms with van der Waals surface area (Å²) in [7, 11) is -3.05. The van der Waals surface area contributed by atoms with E-state index >= 15 is 0 Å². The first-order chi connectivity index (χ1) is 17.9. The van der Waals surface area contributed by atoms with E-state index in [1.165, 1.54) is 6.26 Å². The highest BCUT2D eigenvalue weighted by molar-refractivity contribution is 7.90. The standard InChI is InChI=1S/C26H32ClF3N4O3S/c1-38(36,37)15-14-33-8-6-19-2-3-20(16-21(19)18-33)25(35)31-23-5-4-22(27)17-24(23)34-12-10-32(11-13-34)9-7-26(28,29)30/h2-5,16-17H,6-15,18H2,1H3,(H,31,35). The number of alkyl halides is 3. The Kier molecular flexibility index (Phi) is 8.91. The van der Waals surface area contributed by atoms with E-state index in [1.54, 1.807) is 29.2 Å². The van der Waals surface area contributed by atoms with Gasteiger partial charge >= 0.3 is 6.18 Å². The minimum Gasteiger partial charge on any atom is -0.367 e. The molecule has 2 heterocycles. The maximum atomic E-state index is 13.2. The van der Waals surface area contributed by atoms with Crippen LogP contribution >= 0.6 is 11.6 Å². The van der Waals surface area contributed by atoms with Crippen molar-refractivity contribution >= 4 is 38.7 Å². The maximum Gasteiger partial charge on any atom is 0.390 e. The van der Waals surface area contributed by atoms with E-state index in [1.807, 2.05) is 17.0 Å². The molecule has 0 atom stereocenters. The second-order valence-corrected chi connectivity index (χ2v) is 12.6. The minimum absolute atomic E-state index is 0.0273. The molecular weight excluding hydrogens is 541 g/mol. The summed E-state index contributed by atoms with van der Waals surface area (Å²) in [5.74, 6) is -0.188. The number of carbonyl (C=O) groups excluding carboxylic acids is 1. The highest BCUT2D eigenvalue weighted by Crippen LogP contribution is 2.31. The summed E-state index contributed by atoms with van der Waals surface area (Å²) in [5.41, 5.74) is 3.95. The Balaban J connectivity index is 1.42. The van der Waals surface area contributed by atoms with Crippen molar-refractivity contribution in [1.82, 2.24) is 9.80 Å². The second kappa shape index (κ2) is 11.8. The molecule has 7 nitrogen and oxygen atoms in total. The van der Waals surface area contributed by atoms with E-state index in [-0.39, 0.29) is 18.2 Å². The van der Waals surface area contributed by atoms with Crippen molar-refractivity contribution in [2.75, 3.05) is 68.0 Å². The van der Waals surface area contributed by atoms with Crippen LogP contribution in [0.3, 0.4) is 0 Å². The third kappa shape index (κ3) is 8.08. The Morgan fingerprint density at radius 3 is 2.39 bits per heavy atom. The van der Waals surface area contributed by atoms with Crippen molar-refractivity contribution in [2.24, 2.45) is 0 Å². The first-order valence-electron chi connectivity index (χ1n) is 12.5. The molecule has 2 aromatic carbocycles. The maximum absolute atomic E-state index is 13.2. The van der Waals surface area contributed by atoms with Gasteiger partial charge in [0.2, 0.25) is 0 Å². The second-order valence-electron chi connectivity index (χ2n) is 9.95. The molecule has 0 radical (unpaired) electrons.